The van der Waals surface area contributed by atoms with Gasteiger partial charge in [-0.1, -0.05) is 30.3 Å². The molecule has 0 aliphatic carbocycles. The Labute approximate surface area is 116 Å². The fourth-order valence-corrected chi connectivity index (χ4v) is 1.50. The molecule has 0 saturated heterocycles. The minimum Gasteiger partial charge on any atom is -0.480 e. The summed E-state index contributed by atoms with van der Waals surface area (Å²) < 4.78 is 0. The first-order valence-corrected chi connectivity index (χ1v) is 6.04. The molecule has 1 aromatic carbocycles. The lowest BCUT2D eigenvalue weighted by molar-refractivity contribution is -0.141. The molecule has 0 aromatic heterocycles. The van der Waals surface area contributed by atoms with Gasteiger partial charge >= 0.3 is 5.97 Å². The number of carbonyl (C=O) groups excluding carboxylic acids is 2. The molecule has 20 heavy (non-hydrogen) atoms. The molecular formula is C14H16N2O4. The lowest BCUT2D eigenvalue weighted by Gasteiger charge is -2.11. The predicted molar refractivity (Wildman–Crippen MR) is 73.5 cm³/mol. The molecule has 6 nitrogen and oxygen atoms in total. The van der Waals surface area contributed by atoms with Gasteiger partial charge in [0.05, 0.1) is 0 Å². The summed E-state index contributed by atoms with van der Waals surface area (Å²) in [6, 6.07) is 7.99. The number of primary amides is 1. The number of hydrogen-bond donors (Lipinski definition) is 3. The first kappa shape index (κ1) is 15.4. The largest absolute Gasteiger partial charge is 0.480 e. The van der Waals surface area contributed by atoms with E-state index < -0.39 is 23.8 Å². The lowest BCUT2D eigenvalue weighted by Crippen LogP contribution is -2.40. The van der Waals surface area contributed by atoms with Crippen LogP contribution in [0.5, 0.6) is 0 Å². The maximum atomic E-state index is 11.6. The zero-order valence-electron chi connectivity index (χ0n) is 10.8. The Morgan fingerprint density at radius 2 is 1.90 bits per heavy atom. The third kappa shape index (κ3) is 5.81. The van der Waals surface area contributed by atoms with Crippen LogP contribution < -0.4 is 11.1 Å². The maximum Gasteiger partial charge on any atom is 0.326 e. The molecule has 0 bridgehead atoms. The molecule has 0 spiro atoms. The summed E-state index contributed by atoms with van der Waals surface area (Å²) in [6.45, 7) is 0. The summed E-state index contributed by atoms with van der Waals surface area (Å²) in [7, 11) is 0. The first-order valence-electron chi connectivity index (χ1n) is 6.04. The Morgan fingerprint density at radius 1 is 1.25 bits per heavy atom. The molecule has 0 heterocycles. The molecular weight excluding hydrogens is 260 g/mol. The fourth-order valence-electron chi connectivity index (χ4n) is 1.50. The number of nitrogens with two attached hydrogens (primary N) is 1. The van der Waals surface area contributed by atoms with E-state index in [0.29, 0.717) is 0 Å². The van der Waals surface area contributed by atoms with Crippen molar-refractivity contribution in [1.82, 2.24) is 5.32 Å². The van der Waals surface area contributed by atoms with E-state index in [1.54, 1.807) is 6.08 Å². The van der Waals surface area contributed by atoms with Crippen LogP contribution in [0.25, 0.3) is 6.08 Å². The van der Waals surface area contributed by atoms with Crippen molar-refractivity contribution >= 4 is 23.9 Å². The van der Waals surface area contributed by atoms with Crippen molar-refractivity contribution in [2.75, 3.05) is 0 Å². The van der Waals surface area contributed by atoms with Gasteiger partial charge in [0.2, 0.25) is 11.8 Å². The van der Waals surface area contributed by atoms with Crippen LogP contribution >= 0.6 is 0 Å². The number of carbonyl (C=O) groups is 3. The number of carboxylic acids is 1. The Bertz CT molecular complexity index is 511. The lowest BCUT2D eigenvalue weighted by atomic mass is 10.1. The van der Waals surface area contributed by atoms with Crippen LogP contribution in [0.2, 0.25) is 0 Å². The molecule has 4 N–H and O–H groups in total. The molecule has 2 amide bonds. The van der Waals surface area contributed by atoms with Gasteiger partial charge < -0.3 is 16.2 Å². The van der Waals surface area contributed by atoms with Crippen molar-refractivity contribution < 1.29 is 19.5 Å². The SMILES string of the molecule is NC(=O)CCC(NC(=O)/C=C/c1ccccc1)C(=O)O. The number of rotatable bonds is 7. The number of aliphatic carboxylic acids is 1. The topological polar surface area (TPSA) is 109 Å². The van der Waals surface area contributed by atoms with Crippen LogP contribution in [0.15, 0.2) is 36.4 Å². The van der Waals surface area contributed by atoms with E-state index >= 15 is 0 Å². The summed E-state index contributed by atoms with van der Waals surface area (Å²) in [5, 5.41) is 11.2. The summed E-state index contributed by atoms with van der Waals surface area (Å²) in [5.41, 5.74) is 5.77. The van der Waals surface area contributed by atoms with Crippen LogP contribution in [-0.4, -0.2) is 28.9 Å². The highest BCUT2D eigenvalue weighted by Gasteiger charge is 2.19. The van der Waals surface area contributed by atoms with Gasteiger partial charge in [-0.3, -0.25) is 9.59 Å². The summed E-state index contributed by atoms with van der Waals surface area (Å²) in [6.07, 6.45) is 2.69. The van der Waals surface area contributed by atoms with Gasteiger partial charge in [0, 0.05) is 12.5 Å². The van der Waals surface area contributed by atoms with Crippen LogP contribution in [0, 0.1) is 0 Å². The van der Waals surface area contributed by atoms with E-state index in [1.165, 1.54) is 6.08 Å². The second-order valence-electron chi connectivity index (χ2n) is 4.15. The highest BCUT2D eigenvalue weighted by Crippen LogP contribution is 2.02. The van der Waals surface area contributed by atoms with Crippen molar-refractivity contribution in [2.24, 2.45) is 5.73 Å². The van der Waals surface area contributed by atoms with Gasteiger partial charge in [-0.25, -0.2) is 4.79 Å². The van der Waals surface area contributed by atoms with Crippen molar-refractivity contribution in [3.8, 4) is 0 Å². The zero-order chi connectivity index (χ0) is 15.0. The van der Waals surface area contributed by atoms with Crippen molar-refractivity contribution in [3.05, 3.63) is 42.0 Å². The normalized spacial score (nSPS) is 12.0. The van der Waals surface area contributed by atoms with Gasteiger partial charge in [-0.05, 0) is 18.1 Å². The average molecular weight is 276 g/mol. The smallest absolute Gasteiger partial charge is 0.326 e. The zero-order valence-corrected chi connectivity index (χ0v) is 10.8. The van der Waals surface area contributed by atoms with Gasteiger partial charge in [0.1, 0.15) is 6.04 Å². The molecule has 1 rings (SSSR count). The minimum atomic E-state index is -1.20. The van der Waals surface area contributed by atoms with E-state index in [-0.39, 0.29) is 12.8 Å². The van der Waals surface area contributed by atoms with Crippen molar-refractivity contribution in [1.29, 1.82) is 0 Å². The third-order valence-corrected chi connectivity index (χ3v) is 2.52. The number of nitrogens with one attached hydrogen (secondary N) is 1. The molecule has 0 aliphatic rings. The fraction of sp³-hybridized carbons (Fsp3) is 0.214. The molecule has 1 unspecified atom stereocenters. The van der Waals surface area contributed by atoms with Gasteiger partial charge in [0.25, 0.3) is 0 Å². The summed E-state index contributed by atoms with van der Waals surface area (Å²) >= 11 is 0. The Morgan fingerprint density at radius 3 is 2.45 bits per heavy atom. The Kier molecular flexibility index (Phi) is 5.96. The maximum absolute atomic E-state index is 11.6. The quantitative estimate of drug-likeness (QED) is 0.631. The standard InChI is InChI=1S/C14H16N2O4/c15-12(17)8-7-11(14(19)20)16-13(18)9-6-10-4-2-1-3-5-10/h1-6,9,11H,7-8H2,(H2,15,17)(H,16,18)(H,19,20)/b9-6+. The van der Waals surface area contributed by atoms with Crippen LogP contribution in [0.1, 0.15) is 18.4 Å². The molecule has 0 saturated carbocycles. The number of benzene rings is 1. The first-order chi connectivity index (χ1) is 9.49. The molecule has 106 valence electrons. The molecule has 0 fully saturated rings. The Hall–Kier alpha value is -2.63. The summed E-state index contributed by atoms with van der Waals surface area (Å²) in [5.74, 6) is -2.34. The second-order valence-corrected chi connectivity index (χ2v) is 4.15. The molecule has 1 aromatic rings. The third-order valence-electron chi connectivity index (χ3n) is 2.52. The molecule has 1 atom stereocenters. The van der Waals surface area contributed by atoms with E-state index in [0.717, 1.165) is 5.56 Å². The van der Waals surface area contributed by atoms with Gasteiger partial charge in [0.15, 0.2) is 0 Å². The predicted octanol–water partition coefficient (Wildman–Crippen LogP) is 0.535. The van der Waals surface area contributed by atoms with Crippen LogP contribution in [0.3, 0.4) is 0 Å². The van der Waals surface area contributed by atoms with Crippen LogP contribution in [-0.2, 0) is 14.4 Å². The van der Waals surface area contributed by atoms with Crippen LogP contribution in [0.4, 0.5) is 0 Å². The average Bonchev–Trinajstić information content (AvgIpc) is 2.41. The number of hydrogen-bond acceptors (Lipinski definition) is 3. The number of carboxylic acid groups (broad SMARTS) is 1. The summed E-state index contributed by atoms with van der Waals surface area (Å²) in [4.78, 5) is 33.2. The Balaban J connectivity index is 2.56. The van der Waals surface area contributed by atoms with E-state index in [9.17, 15) is 14.4 Å². The molecule has 6 heteroatoms. The van der Waals surface area contributed by atoms with Gasteiger partial charge in [-0.2, -0.15) is 0 Å². The monoisotopic (exact) mass is 276 g/mol. The van der Waals surface area contributed by atoms with Crippen molar-refractivity contribution in [3.63, 3.8) is 0 Å². The second kappa shape index (κ2) is 7.73. The van der Waals surface area contributed by atoms with E-state index in [1.807, 2.05) is 30.3 Å². The minimum absolute atomic E-state index is 0.0322. The molecule has 0 radical (unpaired) electrons. The highest BCUT2D eigenvalue weighted by atomic mass is 16.4. The van der Waals surface area contributed by atoms with E-state index in [4.69, 9.17) is 10.8 Å². The highest BCUT2D eigenvalue weighted by molar-refractivity contribution is 5.94. The number of amides is 2. The van der Waals surface area contributed by atoms with Gasteiger partial charge in [-0.15, -0.1) is 0 Å². The van der Waals surface area contributed by atoms with Crippen molar-refractivity contribution in [2.45, 2.75) is 18.9 Å². The molecule has 0 aliphatic heterocycles. The van der Waals surface area contributed by atoms with E-state index in [2.05, 4.69) is 5.32 Å².